The van der Waals surface area contributed by atoms with Crippen molar-refractivity contribution in [1.29, 1.82) is 0 Å². The molecule has 16 nitrogen and oxygen atoms in total. The van der Waals surface area contributed by atoms with Gasteiger partial charge in [-0.05, 0) is 74.9 Å². The number of nitrogens with zero attached hydrogens (tertiary/aromatic N) is 2. The van der Waals surface area contributed by atoms with Gasteiger partial charge in [0.1, 0.15) is 6.54 Å². The molecular formula is C37H49N2O14S4+. The Morgan fingerprint density at radius 2 is 1.26 bits per heavy atom. The Kier molecular flexibility index (Phi) is 14.6. The summed E-state index contributed by atoms with van der Waals surface area (Å²) in [7, 11) is -17.5. The van der Waals surface area contributed by atoms with E-state index in [1.807, 2.05) is 30.6 Å². The van der Waals surface area contributed by atoms with Crippen LogP contribution in [-0.4, -0.2) is 97.0 Å². The van der Waals surface area contributed by atoms with Gasteiger partial charge in [-0.3, -0.25) is 28.0 Å². The van der Waals surface area contributed by atoms with Gasteiger partial charge in [0.15, 0.2) is 5.71 Å². The Morgan fingerprint density at radius 1 is 0.702 bits per heavy atom. The van der Waals surface area contributed by atoms with E-state index in [4.69, 9.17) is 10.1 Å². The molecule has 0 aromatic heterocycles. The molecule has 314 valence electrons. The van der Waals surface area contributed by atoms with Crippen LogP contribution in [0.3, 0.4) is 0 Å². The number of aliphatic imine (C=N–C) groups is 1. The van der Waals surface area contributed by atoms with Crippen LogP contribution in [0.25, 0.3) is 0 Å². The van der Waals surface area contributed by atoms with Gasteiger partial charge in [0.05, 0.1) is 32.4 Å². The highest BCUT2D eigenvalue weighted by Crippen LogP contribution is 2.46. The van der Waals surface area contributed by atoms with E-state index in [0.717, 1.165) is 5.71 Å². The third-order valence-corrected chi connectivity index (χ3v) is 13.8. The third kappa shape index (κ3) is 12.2. The van der Waals surface area contributed by atoms with Gasteiger partial charge in [0.2, 0.25) is 5.69 Å². The van der Waals surface area contributed by atoms with Crippen molar-refractivity contribution in [2.45, 2.75) is 105 Å². The van der Waals surface area contributed by atoms with E-state index in [2.05, 4.69) is 0 Å². The summed E-state index contributed by atoms with van der Waals surface area (Å²) in [6.45, 7) is 4.05. The minimum atomic E-state index is -4.58. The van der Waals surface area contributed by atoms with Crippen molar-refractivity contribution in [3.05, 3.63) is 71.8 Å². The van der Waals surface area contributed by atoms with Crippen molar-refractivity contribution in [2.75, 3.05) is 18.1 Å². The lowest BCUT2D eigenvalue weighted by Gasteiger charge is -2.28. The van der Waals surface area contributed by atoms with E-state index >= 15 is 0 Å². The molecule has 57 heavy (non-hydrogen) atoms. The number of aliphatic carboxylic acids is 1. The molecule has 20 heteroatoms. The Bertz CT molecular complexity index is 2440. The molecule has 4 rings (SSSR count). The van der Waals surface area contributed by atoms with Crippen molar-refractivity contribution in [1.82, 2.24) is 0 Å². The fraction of sp³-hybridized carbons (Fsp3) is 0.486. The summed E-state index contributed by atoms with van der Waals surface area (Å²) in [5.41, 5.74) is 1.95. The summed E-state index contributed by atoms with van der Waals surface area (Å²) in [5, 5.41) is 9.11. The molecule has 0 saturated carbocycles. The molecule has 2 heterocycles. The highest BCUT2D eigenvalue weighted by Gasteiger charge is 2.47. The molecule has 0 radical (unpaired) electrons. The number of carbonyl (C=O) groups is 1. The lowest BCUT2D eigenvalue weighted by atomic mass is 9.74. The van der Waals surface area contributed by atoms with Crippen LogP contribution in [0.1, 0.15) is 95.6 Å². The van der Waals surface area contributed by atoms with Crippen LogP contribution in [0.4, 0.5) is 11.4 Å². The number of unbranched alkanes of at least 4 members (excludes halogenated alkanes) is 4. The van der Waals surface area contributed by atoms with Crippen molar-refractivity contribution in [3.63, 3.8) is 0 Å². The SMILES string of the molecule is CC1(CCCCS(=O)(=O)O)C(CC=CC=CC2=[N+](CCCCS(=O)(=O)O)c3ccc(S(=O)(=O)O)cc3C2(C)CCCCCC(=O)O)=Nc2ccc(S(=O)(=O)O)cc21. The Hall–Kier alpha value is -3.63. The van der Waals surface area contributed by atoms with Crippen molar-refractivity contribution >= 4 is 69.2 Å². The van der Waals surface area contributed by atoms with Crippen LogP contribution < -0.4 is 0 Å². The predicted octanol–water partition coefficient (Wildman–Crippen LogP) is 5.84. The number of hydrogen-bond donors (Lipinski definition) is 5. The van der Waals surface area contributed by atoms with E-state index in [0.29, 0.717) is 79.7 Å². The molecular weight excluding hydrogens is 825 g/mol. The predicted molar refractivity (Wildman–Crippen MR) is 214 cm³/mol. The highest BCUT2D eigenvalue weighted by molar-refractivity contribution is 7.86. The number of fused-ring (bicyclic) bond motifs is 2. The Morgan fingerprint density at radius 3 is 1.86 bits per heavy atom. The number of allylic oxidation sites excluding steroid dienone is 4. The van der Waals surface area contributed by atoms with Gasteiger partial charge in [0.25, 0.3) is 40.5 Å². The summed E-state index contributed by atoms with van der Waals surface area (Å²) in [6, 6.07) is 8.33. The topological polar surface area (TPSA) is 270 Å². The second-order valence-corrected chi connectivity index (χ2v) is 20.7. The van der Waals surface area contributed by atoms with Crippen LogP contribution in [0, 0.1) is 0 Å². The molecule has 2 unspecified atom stereocenters. The van der Waals surface area contributed by atoms with Gasteiger partial charge in [-0.2, -0.15) is 38.2 Å². The summed E-state index contributed by atoms with van der Waals surface area (Å²) < 4.78 is 134. The maximum absolute atomic E-state index is 12.2. The normalized spacial score (nSPS) is 20.1. The summed E-state index contributed by atoms with van der Waals surface area (Å²) in [5.74, 6) is -1.82. The first-order chi connectivity index (χ1) is 26.3. The van der Waals surface area contributed by atoms with E-state index in [1.54, 1.807) is 18.2 Å². The van der Waals surface area contributed by atoms with E-state index in [-0.39, 0.29) is 35.5 Å². The molecule has 0 fully saturated rings. The highest BCUT2D eigenvalue weighted by atomic mass is 32.2. The van der Waals surface area contributed by atoms with Gasteiger partial charge in [-0.1, -0.05) is 44.4 Å². The zero-order valence-corrected chi connectivity index (χ0v) is 34.9. The van der Waals surface area contributed by atoms with Gasteiger partial charge in [-0.25, -0.2) is 0 Å². The molecule has 0 amide bonds. The van der Waals surface area contributed by atoms with Crippen LogP contribution >= 0.6 is 0 Å². The number of rotatable bonds is 22. The van der Waals surface area contributed by atoms with Crippen molar-refractivity contribution in [2.24, 2.45) is 4.99 Å². The molecule has 0 bridgehead atoms. The standard InChI is InChI=1S/C37H48N2O14S4/c1-36(20-9-11-23-54(42,43)44)29-25-27(56(48,49)50)16-18-31(29)38-33(36)13-5-3-6-14-34-37(2,21-8-4-7-15-35(40)41)30-26-28(57(51,52)53)17-19-32(30)39(34)22-10-12-24-55(45,46)47/h3,5-6,14,16-19,25-26H,4,7-13,15,20-24H2,1-2H3,(H4-,40,41,42,43,44,45,46,47,48,49,50,51,52,53)/p+1. The van der Waals surface area contributed by atoms with E-state index in [9.17, 15) is 56.7 Å². The maximum Gasteiger partial charge on any atom is 0.303 e. The molecule has 2 atom stereocenters. The van der Waals surface area contributed by atoms with Crippen LogP contribution in [0.5, 0.6) is 0 Å². The van der Waals surface area contributed by atoms with Crippen molar-refractivity contribution in [3.8, 4) is 0 Å². The summed E-state index contributed by atoms with van der Waals surface area (Å²) in [4.78, 5) is 15.3. The molecule has 5 N–H and O–H groups in total. The van der Waals surface area contributed by atoms with Gasteiger partial charge in [-0.15, -0.1) is 0 Å². The van der Waals surface area contributed by atoms with Crippen LogP contribution in [0.15, 0.2) is 75.5 Å². The molecule has 0 spiro atoms. The first-order valence-corrected chi connectivity index (χ1v) is 24.4. The summed E-state index contributed by atoms with van der Waals surface area (Å²) >= 11 is 0. The fourth-order valence-corrected chi connectivity index (χ4v) is 9.69. The number of hydrogen-bond acceptors (Lipinski definition) is 10. The van der Waals surface area contributed by atoms with Crippen LogP contribution in [-0.2, 0) is 56.1 Å². The number of benzene rings is 2. The average molecular weight is 874 g/mol. The zero-order valence-electron chi connectivity index (χ0n) is 31.6. The molecule has 2 aliphatic heterocycles. The lowest BCUT2D eigenvalue weighted by Crippen LogP contribution is -2.31. The fourth-order valence-electron chi connectivity index (χ4n) is 7.54. The first kappa shape index (κ1) is 46.1. The smallest absolute Gasteiger partial charge is 0.303 e. The van der Waals surface area contributed by atoms with Gasteiger partial charge < -0.3 is 5.11 Å². The number of carboxylic acid groups (broad SMARTS) is 1. The molecule has 0 saturated heterocycles. The molecule has 0 aliphatic carbocycles. The van der Waals surface area contributed by atoms with Crippen molar-refractivity contribution < 1.29 is 66.4 Å². The molecule has 2 aromatic carbocycles. The maximum atomic E-state index is 12.2. The second kappa shape index (κ2) is 18.1. The van der Waals surface area contributed by atoms with Crippen LogP contribution in [0.2, 0.25) is 0 Å². The van der Waals surface area contributed by atoms with Gasteiger partial charge in [0, 0.05) is 48.1 Å². The Labute approximate surface area is 334 Å². The largest absolute Gasteiger partial charge is 0.481 e. The lowest BCUT2D eigenvalue weighted by molar-refractivity contribution is -0.438. The molecule has 2 aromatic rings. The van der Waals surface area contributed by atoms with E-state index in [1.165, 1.54) is 30.3 Å². The monoisotopic (exact) mass is 873 g/mol. The average Bonchev–Trinajstić information content (AvgIpc) is 3.49. The van der Waals surface area contributed by atoms with Gasteiger partial charge >= 0.3 is 5.97 Å². The number of carboxylic acids is 1. The third-order valence-electron chi connectivity index (χ3n) is 10.5. The summed E-state index contributed by atoms with van der Waals surface area (Å²) in [6.07, 6.45) is 10.8. The zero-order chi connectivity index (χ0) is 42.5. The molecule has 2 aliphatic rings. The Balaban J connectivity index is 1.68. The minimum absolute atomic E-state index is 0.0109. The first-order valence-electron chi connectivity index (χ1n) is 18.3. The minimum Gasteiger partial charge on any atom is -0.481 e. The van der Waals surface area contributed by atoms with E-state index < -0.39 is 68.8 Å². The second-order valence-electron chi connectivity index (χ2n) is 14.7. The quantitative estimate of drug-likeness (QED) is 0.0402.